The first-order chi connectivity index (χ1) is 8.78. The number of fused-ring (bicyclic) bond motifs is 1. The summed E-state index contributed by atoms with van der Waals surface area (Å²) in [7, 11) is -0.258. The number of benzene rings is 1. The van der Waals surface area contributed by atoms with Crippen LogP contribution in [0.4, 0.5) is 5.69 Å². The van der Waals surface area contributed by atoms with E-state index in [0.717, 1.165) is 11.9 Å². The van der Waals surface area contributed by atoms with Gasteiger partial charge in [-0.1, -0.05) is 12.1 Å². The molecule has 0 radical (unpaired) electrons. The van der Waals surface area contributed by atoms with E-state index in [0.29, 0.717) is 6.04 Å². The van der Waals surface area contributed by atoms with Crippen molar-refractivity contribution in [2.45, 2.75) is 58.3 Å². The molecule has 102 valence electrons. The Morgan fingerprint density at radius 2 is 1.79 bits per heavy atom. The van der Waals surface area contributed by atoms with E-state index in [1.807, 2.05) is 0 Å². The first-order valence-corrected chi connectivity index (χ1v) is 7.03. The second-order valence-electron chi connectivity index (χ2n) is 6.75. The van der Waals surface area contributed by atoms with Gasteiger partial charge >= 0.3 is 7.12 Å². The predicted octanol–water partition coefficient (Wildman–Crippen LogP) is 2.34. The van der Waals surface area contributed by atoms with Crippen LogP contribution < -0.4 is 10.8 Å². The van der Waals surface area contributed by atoms with Crippen molar-refractivity contribution in [1.82, 2.24) is 0 Å². The van der Waals surface area contributed by atoms with Crippen LogP contribution in [0.25, 0.3) is 0 Å². The molecule has 0 aromatic heterocycles. The van der Waals surface area contributed by atoms with Gasteiger partial charge in [0.2, 0.25) is 0 Å². The summed E-state index contributed by atoms with van der Waals surface area (Å²) in [6.07, 6.45) is 1.07. The highest BCUT2D eigenvalue weighted by Crippen LogP contribution is 2.36. The van der Waals surface area contributed by atoms with Crippen molar-refractivity contribution < 1.29 is 9.31 Å². The van der Waals surface area contributed by atoms with Crippen molar-refractivity contribution >= 4 is 18.3 Å². The zero-order valence-electron chi connectivity index (χ0n) is 12.4. The van der Waals surface area contributed by atoms with Gasteiger partial charge in [0.05, 0.1) is 11.2 Å². The lowest BCUT2D eigenvalue weighted by molar-refractivity contribution is 0.00578. The van der Waals surface area contributed by atoms with Crippen molar-refractivity contribution in [1.29, 1.82) is 0 Å². The maximum Gasteiger partial charge on any atom is 0.494 e. The Kier molecular flexibility index (Phi) is 2.74. The normalized spacial score (nSPS) is 27.2. The maximum atomic E-state index is 6.09. The van der Waals surface area contributed by atoms with Crippen molar-refractivity contribution in [3.63, 3.8) is 0 Å². The molecular formula is C15H22BNO2. The van der Waals surface area contributed by atoms with Crippen molar-refractivity contribution in [2.24, 2.45) is 0 Å². The van der Waals surface area contributed by atoms with E-state index >= 15 is 0 Å². The van der Waals surface area contributed by atoms with E-state index in [1.54, 1.807) is 0 Å². The second kappa shape index (κ2) is 4.00. The number of anilines is 1. The molecule has 3 rings (SSSR count). The Hall–Kier alpha value is -0.995. The van der Waals surface area contributed by atoms with E-state index in [9.17, 15) is 0 Å². The molecule has 0 saturated carbocycles. The Labute approximate surface area is 115 Å². The molecule has 0 bridgehead atoms. The van der Waals surface area contributed by atoms with Crippen LogP contribution in [0.2, 0.25) is 0 Å². The van der Waals surface area contributed by atoms with Gasteiger partial charge in [0.1, 0.15) is 0 Å². The summed E-state index contributed by atoms with van der Waals surface area (Å²) in [6.45, 7) is 10.6. The monoisotopic (exact) mass is 259 g/mol. The molecule has 4 heteroatoms. The van der Waals surface area contributed by atoms with Crippen LogP contribution in [0.5, 0.6) is 0 Å². The molecule has 0 spiro atoms. The second-order valence-corrected chi connectivity index (χ2v) is 6.75. The molecule has 0 amide bonds. The molecule has 1 aromatic rings. The third kappa shape index (κ3) is 2.07. The minimum atomic E-state index is -0.276. The Morgan fingerprint density at radius 1 is 1.16 bits per heavy atom. The Balaban J connectivity index is 1.88. The topological polar surface area (TPSA) is 30.5 Å². The van der Waals surface area contributed by atoms with E-state index in [4.69, 9.17) is 9.31 Å². The van der Waals surface area contributed by atoms with E-state index in [2.05, 4.69) is 58.1 Å². The molecule has 2 heterocycles. The standard InChI is InChI=1S/C15H22BNO2/c1-10-8-11-9-12(6-7-13(11)17-10)16-18-14(2,3)15(4,5)19-16/h6-7,9-10,17H,8H2,1-5H3/t10-/m1/s1. The van der Waals surface area contributed by atoms with Crippen LogP contribution in [0.15, 0.2) is 18.2 Å². The van der Waals surface area contributed by atoms with Gasteiger partial charge in [0, 0.05) is 11.7 Å². The SMILES string of the molecule is C[C@@H]1Cc2cc(B3OC(C)(C)C(C)(C)O3)ccc2N1. The molecule has 2 aliphatic rings. The zero-order valence-corrected chi connectivity index (χ0v) is 12.4. The number of rotatable bonds is 1. The van der Waals surface area contributed by atoms with E-state index in [-0.39, 0.29) is 18.3 Å². The fraction of sp³-hybridized carbons (Fsp3) is 0.600. The lowest BCUT2D eigenvalue weighted by atomic mass is 9.78. The number of hydrogen-bond donors (Lipinski definition) is 1. The Bertz CT molecular complexity index is 497. The van der Waals surface area contributed by atoms with Gasteiger partial charge in [-0.15, -0.1) is 0 Å². The largest absolute Gasteiger partial charge is 0.494 e. The van der Waals surface area contributed by atoms with E-state index < -0.39 is 0 Å². The first kappa shape index (κ1) is 13.0. The lowest BCUT2D eigenvalue weighted by Crippen LogP contribution is -2.41. The van der Waals surface area contributed by atoms with Gasteiger partial charge in [-0.2, -0.15) is 0 Å². The fourth-order valence-corrected chi connectivity index (χ4v) is 2.70. The van der Waals surface area contributed by atoms with Crippen molar-refractivity contribution in [2.75, 3.05) is 5.32 Å². The van der Waals surface area contributed by atoms with Gasteiger partial charge < -0.3 is 14.6 Å². The van der Waals surface area contributed by atoms with Gasteiger partial charge in [0.15, 0.2) is 0 Å². The molecule has 1 aromatic carbocycles. The predicted molar refractivity (Wildman–Crippen MR) is 78.9 cm³/mol. The highest BCUT2D eigenvalue weighted by atomic mass is 16.7. The van der Waals surface area contributed by atoms with Crippen molar-refractivity contribution in [3.05, 3.63) is 23.8 Å². The summed E-state index contributed by atoms with van der Waals surface area (Å²) in [5, 5.41) is 3.47. The van der Waals surface area contributed by atoms with Crippen LogP contribution in [0.1, 0.15) is 40.2 Å². The third-order valence-electron chi connectivity index (χ3n) is 4.58. The molecule has 19 heavy (non-hydrogen) atoms. The van der Waals surface area contributed by atoms with Crippen LogP contribution >= 0.6 is 0 Å². The molecule has 0 unspecified atom stereocenters. The average Bonchev–Trinajstić information content (AvgIpc) is 2.74. The summed E-state index contributed by atoms with van der Waals surface area (Å²) < 4.78 is 12.2. The van der Waals surface area contributed by atoms with Crippen molar-refractivity contribution in [3.8, 4) is 0 Å². The summed E-state index contributed by atoms with van der Waals surface area (Å²) >= 11 is 0. The molecule has 1 saturated heterocycles. The van der Waals surface area contributed by atoms with Gasteiger partial charge in [-0.05, 0) is 58.1 Å². The molecule has 1 N–H and O–H groups in total. The van der Waals surface area contributed by atoms with Gasteiger partial charge in [-0.25, -0.2) is 0 Å². The molecule has 0 aliphatic carbocycles. The first-order valence-electron chi connectivity index (χ1n) is 7.03. The lowest BCUT2D eigenvalue weighted by Gasteiger charge is -2.32. The van der Waals surface area contributed by atoms with Crippen LogP contribution in [0, 0.1) is 0 Å². The minimum Gasteiger partial charge on any atom is -0.399 e. The summed E-state index contributed by atoms with van der Waals surface area (Å²) in [6, 6.07) is 6.97. The quantitative estimate of drug-likeness (QED) is 0.785. The number of hydrogen-bond acceptors (Lipinski definition) is 3. The van der Waals surface area contributed by atoms with Crippen LogP contribution in [0.3, 0.4) is 0 Å². The highest BCUT2D eigenvalue weighted by Gasteiger charge is 2.51. The van der Waals surface area contributed by atoms with E-state index in [1.165, 1.54) is 11.3 Å². The molecular weight excluding hydrogens is 237 g/mol. The molecule has 1 atom stereocenters. The summed E-state index contributed by atoms with van der Waals surface area (Å²) in [5.41, 5.74) is 3.17. The fourth-order valence-electron chi connectivity index (χ4n) is 2.70. The maximum absolute atomic E-state index is 6.09. The summed E-state index contributed by atoms with van der Waals surface area (Å²) in [5.74, 6) is 0. The van der Waals surface area contributed by atoms with Crippen LogP contribution in [-0.4, -0.2) is 24.4 Å². The number of nitrogens with one attached hydrogen (secondary N) is 1. The van der Waals surface area contributed by atoms with Gasteiger partial charge in [-0.3, -0.25) is 0 Å². The zero-order chi connectivity index (χ0) is 13.8. The molecule has 2 aliphatic heterocycles. The Morgan fingerprint density at radius 3 is 2.42 bits per heavy atom. The summed E-state index contributed by atoms with van der Waals surface area (Å²) in [4.78, 5) is 0. The smallest absolute Gasteiger partial charge is 0.399 e. The van der Waals surface area contributed by atoms with Gasteiger partial charge in [0.25, 0.3) is 0 Å². The molecule has 3 nitrogen and oxygen atoms in total. The molecule has 1 fully saturated rings. The average molecular weight is 259 g/mol. The highest BCUT2D eigenvalue weighted by molar-refractivity contribution is 6.62. The van der Waals surface area contributed by atoms with Crippen LogP contribution in [-0.2, 0) is 15.7 Å². The third-order valence-corrected chi connectivity index (χ3v) is 4.58. The minimum absolute atomic E-state index is 0.258.